The molecule has 5 rings (SSSR count). The lowest BCUT2D eigenvalue weighted by Gasteiger charge is -2.42. The molecule has 1 aliphatic heterocycles. The number of aromatic amines is 1. The van der Waals surface area contributed by atoms with E-state index in [1.165, 1.54) is 7.11 Å². The number of H-pyrrole nitrogens is 1. The van der Waals surface area contributed by atoms with Crippen LogP contribution in [-0.2, 0) is 14.3 Å². The summed E-state index contributed by atoms with van der Waals surface area (Å²) in [6.07, 6.45) is 4.98. The Morgan fingerprint density at radius 3 is 2.44 bits per heavy atom. The molecular formula is C32H39N5O4. The third-order valence-corrected chi connectivity index (χ3v) is 8.00. The number of amidine groups is 1. The standard InChI is InChI=1S/C32H39N5O4/c1-3-16-35(32(40)41-2)17-4-5-29(38)37(21-22-19-36(20-22)31(39)25-10-11-25)30(33)24-8-6-23(7-9-24)26-12-13-28-27(18-26)14-15-34-28/h6-9,12-15,18,22,25,33-34H,3-5,10-11,16-17,19-21H2,1-2H3. The molecule has 1 aromatic heterocycles. The maximum Gasteiger partial charge on any atom is 0.409 e. The van der Waals surface area contributed by atoms with E-state index < -0.39 is 6.09 Å². The van der Waals surface area contributed by atoms with Crippen LogP contribution in [0.4, 0.5) is 4.79 Å². The van der Waals surface area contributed by atoms with E-state index in [1.54, 1.807) is 9.80 Å². The van der Waals surface area contributed by atoms with Crippen molar-refractivity contribution in [2.24, 2.45) is 11.8 Å². The molecule has 0 radical (unpaired) electrons. The van der Waals surface area contributed by atoms with Crippen molar-refractivity contribution in [3.63, 3.8) is 0 Å². The summed E-state index contributed by atoms with van der Waals surface area (Å²) in [4.78, 5) is 46.2. The highest BCUT2D eigenvalue weighted by Crippen LogP contribution is 2.33. The zero-order valence-corrected chi connectivity index (χ0v) is 23.9. The topological polar surface area (TPSA) is 110 Å². The predicted octanol–water partition coefficient (Wildman–Crippen LogP) is 5.12. The molecule has 1 aliphatic carbocycles. The number of methoxy groups -OCH3 is 1. The summed E-state index contributed by atoms with van der Waals surface area (Å²) in [5.74, 6) is 0.560. The lowest BCUT2D eigenvalue weighted by Crippen LogP contribution is -2.55. The molecule has 2 N–H and O–H groups in total. The molecule has 41 heavy (non-hydrogen) atoms. The number of benzene rings is 2. The van der Waals surface area contributed by atoms with Gasteiger partial charge in [-0.15, -0.1) is 0 Å². The molecule has 0 spiro atoms. The molecule has 9 nitrogen and oxygen atoms in total. The third kappa shape index (κ3) is 6.61. The van der Waals surface area contributed by atoms with E-state index >= 15 is 0 Å². The van der Waals surface area contributed by atoms with E-state index in [0.717, 1.165) is 41.3 Å². The van der Waals surface area contributed by atoms with Gasteiger partial charge in [0.2, 0.25) is 11.8 Å². The van der Waals surface area contributed by atoms with Crippen LogP contribution in [0.25, 0.3) is 22.0 Å². The van der Waals surface area contributed by atoms with Crippen molar-refractivity contribution in [2.75, 3.05) is 39.8 Å². The molecule has 2 aliphatic rings. The highest BCUT2D eigenvalue weighted by atomic mass is 16.5. The van der Waals surface area contributed by atoms with Gasteiger partial charge in [-0.25, -0.2) is 4.79 Å². The van der Waals surface area contributed by atoms with Crippen molar-refractivity contribution < 1.29 is 19.1 Å². The highest BCUT2D eigenvalue weighted by molar-refractivity contribution is 6.06. The van der Waals surface area contributed by atoms with E-state index in [1.807, 2.05) is 48.4 Å². The number of rotatable bonds is 11. The summed E-state index contributed by atoms with van der Waals surface area (Å²) < 4.78 is 4.87. The van der Waals surface area contributed by atoms with Gasteiger partial charge in [0.25, 0.3) is 0 Å². The van der Waals surface area contributed by atoms with Crippen LogP contribution in [-0.4, -0.2) is 83.3 Å². The molecule has 2 aromatic carbocycles. The van der Waals surface area contributed by atoms with Crippen molar-refractivity contribution >= 4 is 34.6 Å². The van der Waals surface area contributed by atoms with Gasteiger partial charge < -0.3 is 19.5 Å². The molecule has 2 heterocycles. The number of nitrogens with zero attached hydrogens (tertiary/aromatic N) is 3. The zero-order valence-electron chi connectivity index (χ0n) is 23.9. The van der Waals surface area contributed by atoms with Gasteiger partial charge in [-0.1, -0.05) is 37.3 Å². The minimum atomic E-state index is -0.394. The number of hydrogen-bond donors (Lipinski definition) is 2. The molecule has 3 amide bonds. The molecule has 0 unspecified atom stereocenters. The van der Waals surface area contributed by atoms with Crippen LogP contribution >= 0.6 is 0 Å². The van der Waals surface area contributed by atoms with E-state index in [9.17, 15) is 14.4 Å². The first kappa shape index (κ1) is 28.4. The molecule has 1 saturated carbocycles. The van der Waals surface area contributed by atoms with Gasteiger partial charge in [0.05, 0.1) is 7.11 Å². The Labute approximate surface area is 240 Å². The Hall–Kier alpha value is -4.14. The Bertz CT molecular complexity index is 1400. The van der Waals surface area contributed by atoms with Gasteiger partial charge in [-0.3, -0.25) is 19.9 Å². The van der Waals surface area contributed by atoms with Crippen LogP contribution < -0.4 is 0 Å². The number of amides is 3. The number of carbonyl (C=O) groups excluding carboxylic acids is 3. The fourth-order valence-electron chi connectivity index (χ4n) is 5.49. The van der Waals surface area contributed by atoms with Gasteiger partial charge in [0.15, 0.2) is 0 Å². The maximum atomic E-state index is 13.5. The van der Waals surface area contributed by atoms with Gasteiger partial charge in [-0.2, -0.15) is 0 Å². The van der Waals surface area contributed by atoms with Crippen molar-refractivity contribution in [2.45, 2.75) is 39.0 Å². The Morgan fingerprint density at radius 2 is 1.76 bits per heavy atom. The number of likely N-dealkylation sites (tertiary alicyclic amines) is 1. The summed E-state index contributed by atoms with van der Waals surface area (Å²) in [7, 11) is 1.36. The summed E-state index contributed by atoms with van der Waals surface area (Å²) in [6.45, 7) is 4.62. The average Bonchev–Trinajstić information content (AvgIpc) is 3.72. The minimum Gasteiger partial charge on any atom is -0.453 e. The molecule has 216 valence electrons. The smallest absolute Gasteiger partial charge is 0.409 e. The van der Waals surface area contributed by atoms with Gasteiger partial charge >= 0.3 is 6.09 Å². The summed E-state index contributed by atoms with van der Waals surface area (Å²) in [6, 6.07) is 16.0. The minimum absolute atomic E-state index is 0.140. The number of hydrogen-bond acceptors (Lipinski definition) is 5. The summed E-state index contributed by atoms with van der Waals surface area (Å²) >= 11 is 0. The second-order valence-corrected chi connectivity index (χ2v) is 11.2. The summed E-state index contributed by atoms with van der Waals surface area (Å²) in [5, 5.41) is 10.1. The number of nitrogens with one attached hydrogen (secondary N) is 2. The lowest BCUT2D eigenvalue weighted by atomic mass is 9.97. The van der Waals surface area contributed by atoms with Crippen LogP contribution in [0.1, 0.15) is 44.6 Å². The molecule has 1 saturated heterocycles. The molecule has 0 bridgehead atoms. The molecule has 0 atom stereocenters. The van der Waals surface area contributed by atoms with Gasteiger partial charge in [-0.05, 0) is 60.4 Å². The number of aromatic nitrogens is 1. The number of fused-ring (bicyclic) bond motifs is 1. The van der Waals surface area contributed by atoms with Crippen molar-refractivity contribution in [3.8, 4) is 11.1 Å². The van der Waals surface area contributed by atoms with E-state index in [4.69, 9.17) is 10.1 Å². The van der Waals surface area contributed by atoms with Crippen LogP contribution in [0.15, 0.2) is 54.7 Å². The monoisotopic (exact) mass is 557 g/mol. The molecular weight excluding hydrogens is 518 g/mol. The summed E-state index contributed by atoms with van der Waals surface area (Å²) in [5.41, 5.74) is 3.87. The number of carbonyl (C=O) groups is 3. The predicted molar refractivity (Wildman–Crippen MR) is 159 cm³/mol. The Morgan fingerprint density at radius 1 is 1.02 bits per heavy atom. The normalized spacial score (nSPS) is 14.9. The first-order valence-corrected chi connectivity index (χ1v) is 14.6. The van der Waals surface area contributed by atoms with Crippen molar-refractivity contribution in [3.05, 3.63) is 60.3 Å². The SMILES string of the molecule is CCCN(CCCC(=O)N(CC1CN(C(=O)C2CC2)C1)C(=N)c1ccc(-c2ccc3[nH]ccc3c2)cc1)C(=O)OC. The Balaban J connectivity index is 1.26. The zero-order chi connectivity index (χ0) is 28.9. The maximum absolute atomic E-state index is 13.5. The second kappa shape index (κ2) is 12.6. The largest absolute Gasteiger partial charge is 0.453 e. The Kier molecular flexibility index (Phi) is 8.71. The van der Waals surface area contributed by atoms with Crippen LogP contribution in [0.3, 0.4) is 0 Å². The first-order valence-electron chi connectivity index (χ1n) is 14.6. The van der Waals surface area contributed by atoms with Crippen LogP contribution in [0, 0.1) is 17.2 Å². The van der Waals surface area contributed by atoms with Crippen LogP contribution in [0.2, 0.25) is 0 Å². The van der Waals surface area contributed by atoms with E-state index in [2.05, 4.69) is 23.2 Å². The average molecular weight is 558 g/mol. The van der Waals surface area contributed by atoms with Crippen molar-refractivity contribution in [1.29, 1.82) is 5.41 Å². The highest BCUT2D eigenvalue weighted by Gasteiger charge is 2.40. The molecule has 9 heteroatoms. The molecule has 3 aromatic rings. The fourth-order valence-corrected chi connectivity index (χ4v) is 5.49. The van der Waals surface area contributed by atoms with E-state index in [-0.39, 0.29) is 35.9 Å². The second-order valence-electron chi connectivity index (χ2n) is 11.2. The van der Waals surface area contributed by atoms with Crippen LogP contribution in [0.5, 0.6) is 0 Å². The van der Waals surface area contributed by atoms with Gasteiger partial charge in [0, 0.05) is 68.3 Å². The number of ether oxygens (including phenoxy) is 1. The fraction of sp³-hybridized carbons (Fsp3) is 0.438. The van der Waals surface area contributed by atoms with Crippen molar-refractivity contribution in [1.82, 2.24) is 19.7 Å². The van der Waals surface area contributed by atoms with E-state index in [0.29, 0.717) is 44.7 Å². The lowest BCUT2D eigenvalue weighted by molar-refractivity contribution is -0.139. The first-order chi connectivity index (χ1) is 19.9. The third-order valence-electron chi connectivity index (χ3n) is 8.00. The quantitative estimate of drug-likeness (QED) is 0.252. The molecule has 2 fully saturated rings. The van der Waals surface area contributed by atoms with Gasteiger partial charge in [0.1, 0.15) is 5.84 Å².